The number of aliphatic hydroxyl groups excluding tert-OH is 1. The Balaban J connectivity index is 3.15. The molecule has 0 fully saturated rings. The van der Waals surface area contributed by atoms with Crippen molar-refractivity contribution in [1.82, 2.24) is 0 Å². The van der Waals surface area contributed by atoms with Crippen LogP contribution in [0.4, 0.5) is 0 Å². The second kappa shape index (κ2) is 8.89. The van der Waals surface area contributed by atoms with Crippen molar-refractivity contribution in [2.45, 2.75) is 52.6 Å². The van der Waals surface area contributed by atoms with E-state index in [4.69, 9.17) is 0 Å². The maximum Gasteiger partial charge on any atom is 0.0548 e. The molecule has 0 heterocycles. The van der Waals surface area contributed by atoms with Crippen molar-refractivity contribution in [2.75, 3.05) is 11.5 Å². The first-order valence-corrected chi connectivity index (χ1v) is 6.58. The Morgan fingerprint density at radius 3 is 2.38 bits per heavy atom. The number of hydrogen-bond acceptors (Lipinski definition) is 2. The van der Waals surface area contributed by atoms with Gasteiger partial charge in [-0.1, -0.05) is 33.6 Å². The highest BCUT2D eigenvalue weighted by Crippen LogP contribution is 2.12. The average Bonchev–Trinajstić information content (AvgIpc) is 2.04. The van der Waals surface area contributed by atoms with Crippen LogP contribution in [0.5, 0.6) is 0 Å². The van der Waals surface area contributed by atoms with E-state index in [1.54, 1.807) is 0 Å². The lowest BCUT2D eigenvalue weighted by atomic mass is 10.0. The lowest BCUT2D eigenvalue weighted by molar-refractivity contribution is 0.156. The SMILES string of the molecule is CCSCCC(O)CCCC(C)C. The monoisotopic (exact) mass is 204 g/mol. The summed E-state index contributed by atoms with van der Waals surface area (Å²) >= 11 is 1.92. The van der Waals surface area contributed by atoms with Gasteiger partial charge in [0.25, 0.3) is 0 Å². The average molecular weight is 204 g/mol. The van der Waals surface area contributed by atoms with Gasteiger partial charge in [0.2, 0.25) is 0 Å². The molecule has 0 aliphatic rings. The van der Waals surface area contributed by atoms with Crippen LogP contribution in [-0.2, 0) is 0 Å². The minimum Gasteiger partial charge on any atom is -0.393 e. The van der Waals surface area contributed by atoms with Crippen LogP contribution in [0.1, 0.15) is 46.5 Å². The van der Waals surface area contributed by atoms with Crippen LogP contribution in [0.15, 0.2) is 0 Å². The van der Waals surface area contributed by atoms with E-state index >= 15 is 0 Å². The first-order chi connectivity index (χ1) is 6.16. The number of thioether (sulfide) groups is 1. The van der Waals surface area contributed by atoms with Crippen LogP contribution in [0.3, 0.4) is 0 Å². The lowest BCUT2D eigenvalue weighted by Crippen LogP contribution is -2.08. The molecule has 0 amide bonds. The summed E-state index contributed by atoms with van der Waals surface area (Å²) in [4.78, 5) is 0. The minimum absolute atomic E-state index is 0.0576. The summed E-state index contributed by atoms with van der Waals surface area (Å²) in [6.45, 7) is 6.63. The fourth-order valence-corrected chi connectivity index (χ4v) is 2.00. The van der Waals surface area contributed by atoms with E-state index in [1.165, 1.54) is 18.6 Å². The van der Waals surface area contributed by atoms with Crippen LogP contribution in [0.25, 0.3) is 0 Å². The Kier molecular flexibility index (Phi) is 9.10. The molecule has 0 aliphatic heterocycles. The zero-order chi connectivity index (χ0) is 10.1. The molecule has 1 nitrogen and oxygen atoms in total. The van der Waals surface area contributed by atoms with Gasteiger partial charge in [0.05, 0.1) is 6.10 Å². The molecule has 0 bridgehead atoms. The van der Waals surface area contributed by atoms with Crippen LogP contribution in [-0.4, -0.2) is 22.7 Å². The Morgan fingerprint density at radius 1 is 1.15 bits per heavy atom. The summed E-state index contributed by atoms with van der Waals surface area (Å²) in [6.07, 6.45) is 4.32. The molecule has 13 heavy (non-hydrogen) atoms. The standard InChI is InChI=1S/C11H24OS/c1-4-13-9-8-11(12)7-5-6-10(2)3/h10-12H,4-9H2,1-3H3. The number of rotatable bonds is 8. The van der Waals surface area contributed by atoms with Crippen molar-refractivity contribution in [1.29, 1.82) is 0 Å². The minimum atomic E-state index is -0.0576. The smallest absolute Gasteiger partial charge is 0.0548 e. The van der Waals surface area contributed by atoms with E-state index in [-0.39, 0.29) is 6.10 Å². The second-order valence-corrected chi connectivity index (χ2v) is 5.36. The summed E-state index contributed by atoms with van der Waals surface area (Å²) < 4.78 is 0. The predicted molar refractivity (Wildman–Crippen MR) is 62.3 cm³/mol. The van der Waals surface area contributed by atoms with Gasteiger partial charge in [0.1, 0.15) is 0 Å². The van der Waals surface area contributed by atoms with Gasteiger partial charge in [-0.05, 0) is 30.3 Å². The van der Waals surface area contributed by atoms with Crippen molar-refractivity contribution in [3.05, 3.63) is 0 Å². The van der Waals surface area contributed by atoms with E-state index in [0.717, 1.165) is 24.5 Å². The first kappa shape index (κ1) is 13.3. The molecule has 0 saturated carbocycles. The normalized spacial score (nSPS) is 13.6. The lowest BCUT2D eigenvalue weighted by Gasteiger charge is -2.10. The van der Waals surface area contributed by atoms with E-state index in [1.807, 2.05) is 11.8 Å². The third kappa shape index (κ3) is 10.2. The zero-order valence-electron chi connectivity index (χ0n) is 9.25. The summed E-state index contributed by atoms with van der Waals surface area (Å²) in [6, 6.07) is 0. The molecule has 2 heteroatoms. The molecule has 1 N–H and O–H groups in total. The van der Waals surface area contributed by atoms with Crippen LogP contribution in [0, 0.1) is 5.92 Å². The maximum absolute atomic E-state index is 9.58. The van der Waals surface area contributed by atoms with Crippen LogP contribution < -0.4 is 0 Å². The fraction of sp³-hybridized carbons (Fsp3) is 1.00. The number of hydrogen-bond donors (Lipinski definition) is 1. The van der Waals surface area contributed by atoms with Crippen LogP contribution in [0.2, 0.25) is 0 Å². The Bertz CT molecular complexity index is 104. The molecular formula is C11H24OS. The summed E-state index contributed by atoms with van der Waals surface area (Å²) in [5, 5.41) is 9.58. The van der Waals surface area contributed by atoms with Crippen molar-refractivity contribution in [3.8, 4) is 0 Å². The van der Waals surface area contributed by atoms with Crippen molar-refractivity contribution in [3.63, 3.8) is 0 Å². The van der Waals surface area contributed by atoms with Gasteiger partial charge in [-0.2, -0.15) is 11.8 Å². The molecule has 0 rings (SSSR count). The van der Waals surface area contributed by atoms with E-state index in [9.17, 15) is 5.11 Å². The Labute approximate surface area is 87.3 Å². The maximum atomic E-state index is 9.58. The van der Waals surface area contributed by atoms with Crippen molar-refractivity contribution >= 4 is 11.8 Å². The van der Waals surface area contributed by atoms with E-state index in [0.29, 0.717) is 0 Å². The molecule has 0 spiro atoms. The molecule has 80 valence electrons. The summed E-state index contributed by atoms with van der Waals surface area (Å²) in [7, 11) is 0. The summed E-state index contributed by atoms with van der Waals surface area (Å²) in [5.41, 5.74) is 0. The molecule has 0 aliphatic carbocycles. The van der Waals surface area contributed by atoms with E-state index < -0.39 is 0 Å². The first-order valence-electron chi connectivity index (χ1n) is 5.42. The van der Waals surface area contributed by atoms with Crippen molar-refractivity contribution in [2.24, 2.45) is 5.92 Å². The molecule has 0 aromatic heterocycles. The molecule has 0 aromatic carbocycles. The van der Waals surface area contributed by atoms with Gasteiger partial charge < -0.3 is 5.11 Å². The molecule has 0 aromatic rings. The van der Waals surface area contributed by atoms with Gasteiger partial charge in [0, 0.05) is 0 Å². The Morgan fingerprint density at radius 2 is 1.85 bits per heavy atom. The quantitative estimate of drug-likeness (QED) is 0.612. The highest BCUT2D eigenvalue weighted by molar-refractivity contribution is 7.99. The fourth-order valence-electron chi connectivity index (χ4n) is 1.27. The third-order valence-electron chi connectivity index (χ3n) is 2.12. The van der Waals surface area contributed by atoms with Gasteiger partial charge in [0.15, 0.2) is 0 Å². The molecule has 1 unspecified atom stereocenters. The Hall–Kier alpha value is 0.310. The second-order valence-electron chi connectivity index (χ2n) is 3.96. The molecule has 1 atom stereocenters. The molecule has 0 saturated heterocycles. The van der Waals surface area contributed by atoms with Crippen molar-refractivity contribution < 1.29 is 5.11 Å². The summed E-state index contributed by atoms with van der Waals surface area (Å²) in [5.74, 6) is 3.05. The van der Waals surface area contributed by atoms with Gasteiger partial charge in [-0.25, -0.2) is 0 Å². The molecule has 0 radical (unpaired) electrons. The number of aliphatic hydroxyl groups is 1. The highest BCUT2D eigenvalue weighted by Gasteiger charge is 2.03. The largest absolute Gasteiger partial charge is 0.393 e. The van der Waals surface area contributed by atoms with Gasteiger partial charge in [-0.15, -0.1) is 0 Å². The predicted octanol–water partition coefficient (Wildman–Crippen LogP) is 3.32. The molecular weight excluding hydrogens is 180 g/mol. The van der Waals surface area contributed by atoms with E-state index in [2.05, 4.69) is 20.8 Å². The van der Waals surface area contributed by atoms with Gasteiger partial charge in [-0.3, -0.25) is 0 Å². The third-order valence-corrected chi connectivity index (χ3v) is 3.05. The van der Waals surface area contributed by atoms with Crippen LogP contribution >= 0.6 is 11.8 Å². The topological polar surface area (TPSA) is 20.2 Å². The highest BCUT2D eigenvalue weighted by atomic mass is 32.2. The van der Waals surface area contributed by atoms with Gasteiger partial charge >= 0.3 is 0 Å². The zero-order valence-corrected chi connectivity index (χ0v) is 10.1.